The molecule has 0 radical (unpaired) electrons. The van der Waals surface area contributed by atoms with Gasteiger partial charge in [0.2, 0.25) is 5.91 Å². The zero-order valence-corrected chi connectivity index (χ0v) is 24.5. The summed E-state index contributed by atoms with van der Waals surface area (Å²) in [6, 6.07) is 19.2. The molecule has 3 aromatic rings. The molecule has 0 bridgehead atoms. The lowest BCUT2D eigenvalue weighted by Crippen LogP contribution is -2.32. The van der Waals surface area contributed by atoms with E-state index in [1.807, 2.05) is 50.2 Å². The van der Waals surface area contributed by atoms with Gasteiger partial charge in [-0.2, -0.15) is 0 Å². The Morgan fingerprint density at radius 2 is 1.57 bits per heavy atom. The molecule has 0 unspecified atom stereocenters. The Labute approximate surface area is 246 Å². The summed E-state index contributed by atoms with van der Waals surface area (Å²) in [6.45, 7) is 4.13. The summed E-state index contributed by atoms with van der Waals surface area (Å²) >= 11 is 0. The Kier molecular flexibility index (Phi) is 12.2. The number of ether oxygens (including phenoxy) is 2. The topological polar surface area (TPSA) is 116 Å². The fourth-order valence-electron chi connectivity index (χ4n) is 4.66. The van der Waals surface area contributed by atoms with Crippen molar-refractivity contribution in [3.8, 4) is 11.1 Å². The van der Waals surface area contributed by atoms with E-state index in [0.717, 1.165) is 30.4 Å². The molecule has 0 saturated carbocycles. The van der Waals surface area contributed by atoms with Crippen LogP contribution in [0.1, 0.15) is 73.9 Å². The summed E-state index contributed by atoms with van der Waals surface area (Å²) in [5.74, 6) is -0.983. The number of anilines is 1. The average molecular weight is 575 g/mol. The first-order chi connectivity index (χ1) is 20.3. The van der Waals surface area contributed by atoms with Crippen molar-refractivity contribution in [2.45, 2.75) is 65.3 Å². The first-order valence-corrected chi connectivity index (χ1v) is 14.3. The van der Waals surface area contributed by atoms with Crippen LogP contribution in [0.15, 0.2) is 66.7 Å². The number of benzene rings is 3. The van der Waals surface area contributed by atoms with E-state index in [1.165, 1.54) is 18.1 Å². The number of esters is 2. The fourth-order valence-corrected chi connectivity index (χ4v) is 4.66. The van der Waals surface area contributed by atoms with Crippen LogP contribution in [0.2, 0.25) is 0 Å². The highest BCUT2D eigenvalue weighted by Gasteiger charge is 2.27. The molecule has 0 atom stereocenters. The van der Waals surface area contributed by atoms with Crippen molar-refractivity contribution < 1.29 is 28.8 Å². The summed E-state index contributed by atoms with van der Waals surface area (Å²) < 4.78 is 10.3. The number of rotatable bonds is 15. The number of unbranched alkanes of at least 4 members (excludes halogenated alkanes) is 2. The molecule has 3 rings (SSSR count). The van der Waals surface area contributed by atoms with Crippen LogP contribution in [0.3, 0.4) is 0 Å². The monoisotopic (exact) mass is 574 g/mol. The predicted octanol–water partition coefficient (Wildman–Crippen LogP) is 7.05. The first-order valence-electron chi connectivity index (χ1n) is 14.3. The summed E-state index contributed by atoms with van der Waals surface area (Å²) in [4.78, 5) is 51.0. The molecule has 0 saturated heterocycles. The van der Waals surface area contributed by atoms with E-state index in [2.05, 4.69) is 0 Å². The van der Waals surface area contributed by atoms with E-state index in [4.69, 9.17) is 9.47 Å². The zero-order valence-electron chi connectivity index (χ0n) is 24.5. The quantitative estimate of drug-likeness (QED) is 0.108. The molecule has 0 fully saturated rings. The normalized spacial score (nSPS) is 10.6. The summed E-state index contributed by atoms with van der Waals surface area (Å²) in [5, 5.41) is 12.1. The Morgan fingerprint density at radius 1 is 0.881 bits per heavy atom. The number of hydrogen-bond donors (Lipinski definition) is 0. The lowest BCUT2D eigenvalue weighted by Gasteiger charge is -2.25. The molecule has 0 aliphatic carbocycles. The maximum absolute atomic E-state index is 13.5. The summed E-state index contributed by atoms with van der Waals surface area (Å²) in [6.07, 6.45) is 3.83. The highest BCUT2D eigenvalue weighted by molar-refractivity contribution is 5.98. The van der Waals surface area contributed by atoms with Gasteiger partial charge in [-0.05, 0) is 41.2 Å². The average Bonchev–Trinajstić information content (AvgIpc) is 3.01. The lowest BCUT2D eigenvalue weighted by molar-refractivity contribution is -0.384. The molecule has 0 aliphatic heterocycles. The maximum atomic E-state index is 13.5. The molecule has 0 heterocycles. The third kappa shape index (κ3) is 8.49. The number of carbonyl (C=O) groups excluding carboxylic acids is 3. The third-order valence-corrected chi connectivity index (χ3v) is 6.92. The number of hydrogen-bond acceptors (Lipinski definition) is 7. The van der Waals surface area contributed by atoms with Crippen LogP contribution in [-0.4, -0.2) is 36.5 Å². The van der Waals surface area contributed by atoms with Crippen LogP contribution in [0.4, 0.5) is 11.4 Å². The van der Waals surface area contributed by atoms with Crippen LogP contribution in [0, 0.1) is 10.1 Å². The van der Waals surface area contributed by atoms with Crippen LogP contribution >= 0.6 is 0 Å². The van der Waals surface area contributed by atoms with Crippen LogP contribution in [0.25, 0.3) is 11.1 Å². The fraction of sp³-hybridized carbons (Fsp3) is 0.364. The molecular weight excluding hydrogens is 536 g/mol. The van der Waals surface area contributed by atoms with Gasteiger partial charge in [0.05, 0.1) is 30.7 Å². The summed E-state index contributed by atoms with van der Waals surface area (Å²) in [7, 11) is 1.33. The minimum Gasteiger partial charge on any atom is -0.465 e. The van der Waals surface area contributed by atoms with Crippen molar-refractivity contribution in [1.82, 2.24) is 0 Å². The smallest absolute Gasteiger partial charge is 0.338 e. The molecule has 3 aromatic carbocycles. The molecule has 42 heavy (non-hydrogen) atoms. The van der Waals surface area contributed by atoms with E-state index in [0.29, 0.717) is 29.5 Å². The Balaban J connectivity index is 1.96. The van der Waals surface area contributed by atoms with Gasteiger partial charge in [0.1, 0.15) is 5.69 Å². The highest BCUT2D eigenvalue weighted by atomic mass is 16.6. The molecule has 0 spiro atoms. The largest absolute Gasteiger partial charge is 0.465 e. The number of nitro groups is 1. The molecule has 9 heteroatoms. The van der Waals surface area contributed by atoms with Gasteiger partial charge >= 0.3 is 11.9 Å². The Morgan fingerprint density at radius 3 is 2.24 bits per heavy atom. The van der Waals surface area contributed by atoms with E-state index in [-0.39, 0.29) is 49.2 Å². The molecule has 0 aromatic heterocycles. The second-order valence-corrected chi connectivity index (χ2v) is 9.93. The minimum atomic E-state index is -0.487. The van der Waals surface area contributed by atoms with Gasteiger partial charge in [0, 0.05) is 25.3 Å². The van der Waals surface area contributed by atoms with Gasteiger partial charge in [-0.25, -0.2) is 4.79 Å². The predicted molar refractivity (Wildman–Crippen MR) is 161 cm³/mol. The number of amides is 1. The second kappa shape index (κ2) is 16.0. The molecule has 0 aliphatic rings. The Bertz CT molecular complexity index is 1390. The van der Waals surface area contributed by atoms with Crippen LogP contribution in [0.5, 0.6) is 0 Å². The van der Waals surface area contributed by atoms with E-state index < -0.39 is 10.9 Å². The van der Waals surface area contributed by atoms with Gasteiger partial charge < -0.3 is 14.4 Å². The number of nitrogens with zero attached hydrogens (tertiary/aromatic N) is 2. The molecular formula is C33H38N2O7. The van der Waals surface area contributed by atoms with Crippen molar-refractivity contribution in [3.63, 3.8) is 0 Å². The standard InChI is InChI=1S/C33H38N2O7/c1-4-6-15-30(36)34(23-24-17-19-25(20-18-24)27-12-8-9-13-28(27)33(38)41-3)32-26(11-10-14-29(32)35(39)40)21-22-42-31(37)16-7-5-2/h8-14,17-20H,4-7,15-16,21-23H2,1-3H3. The molecule has 9 nitrogen and oxygen atoms in total. The number of carbonyl (C=O) groups is 3. The molecule has 222 valence electrons. The Hall–Kier alpha value is -4.53. The maximum Gasteiger partial charge on any atom is 0.338 e. The van der Waals surface area contributed by atoms with E-state index in [1.54, 1.807) is 24.3 Å². The van der Waals surface area contributed by atoms with Crippen molar-refractivity contribution >= 4 is 29.2 Å². The van der Waals surface area contributed by atoms with Gasteiger partial charge in [-0.3, -0.25) is 19.7 Å². The zero-order chi connectivity index (χ0) is 30.5. The molecule has 0 N–H and O–H groups in total. The first kappa shape index (κ1) is 32.0. The van der Waals surface area contributed by atoms with Gasteiger partial charge in [-0.1, -0.05) is 81.3 Å². The van der Waals surface area contributed by atoms with Crippen LogP contribution in [-0.2, 0) is 32.0 Å². The summed E-state index contributed by atoms with van der Waals surface area (Å²) in [5.41, 5.74) is 3.28. The number of para-hydroxylation sites is 1. The third-order valence-electron chi connectivity index (χ3n) is 6.92. The number of methoxy groups -OCH3 is 1. The van der Waals surface area contributed by atoms with Crippen LogP contribution < -0.4 is 4.90 Å². The van der Waals surface area contributed by atoms with Crippen molar-refractivity contribution in [2.24, 2.45) is 0 Å². The van der Waals surface area contributed by atoms with Crippen molar-refractivity contribution in [2.75, 3.05) is 18.6 Å². The van der Waals surface area contributed by atoms with Crippen molar-refractivity contribution in [1.29, 1.82) is 0 Å². The minimum absolute atomic E-state index is 0.0575. The van der Waals surface area contributed by atoms with Gasteiger partial charge in [-0.15, -0.1) is 0 Å². The van der Waals surface area contributed by atoms with E-state index in [9.17, 15) is 24.5 Å². The molecule has 1 amide bonds. The van der Waals surface area contributed by atoms with Gasteiger partial charge in [0.15, 0.2) is 0 Å². The second-order valence-electron chi connectivity index (χ2n) is 9.93. The van der Waals surface area contributed by atoms with E-state index >= 15 is 0 Å². The highest BCUT2D eigenvalue weighted by Crippen LogP contribution is 2.35. The van der Waals surface area contributed by atoms with Gasteiger partial charge in [0.25, 0.3) is 5.69 Å². The number of nitro benzene ring substituents is 1. The SMILES string of the molecule is CCCCC(=O)OCCc1cccc([N+](=O)[O-])c1N(Cc1ccc(-c2ccccc2C(=O)OC)cc1)C(=O)CCCC. The lowest BCUT2D eigenvalue weighted by atomic mass is 9.98. The van der Waals surface area contributed by atoms with Crippen molar-refractivity contribution in [3.05, 3.63) is 93.5 Å².